The molecule has 0 aromatic rings. The number of nitrogens with zero attached hydrogens (tertiary/aromatic N) is 4. The second-order valence-electron chi connectivity index (χ2n) is 11.5. The molecule has 282 valence electrons. The number of carbonyl (C=O) groups excluding carboxylic acids is 10. The molecule has 0 saturated carbocycles. The third-order valence-corrected chi connectivity index (χ3v) is 10.6. The first kappa shape index (κ1) is 41.5. The Labute approximate surface area is 303 Å². The molecule has 0 aromatic heterocycles. The number of fused-ring (bicyclic) bond motifs is 4. The summed E-state index contributed by atoms with van der Waals surface area (Å²) in [6.45, 7) is 2.14. The van der Waals surface area contributed by atoms with Crippen LogP contribution in [0.15, 0.2) is 0 Å². The summed E-state index contributed by atoms with van der Waals surface area (Å²) in [5.41, 5.74) is 0. The summed E-state index contributed by atoms with van der Waals surface area (Å²) in [5, 5.41) is 3.96. The van der Waals surface area contributed by atoms with Crippen molar-refractivity contribution in [1.29, 1.82) is 0 Å². The Bertz CT molecular complexity index is 1280. The summed E-state index contributed by atoms with van der Waals surface area (Å²) in [6.07, 6.45) is -0.596. The molecule has 3 aliphatic rings. The Hall–Kier alpha value is -3.88. The number of hydrazine groups is 1. The third-order valence-electron chi connectivity index (χ3n) is 7.98. The molecule has 4 bridgehead atoms. The van der Waals surface area contributed by atoms with Crippen LogP contribution in [0.3, 0.4) is 0 Å². The van der Waals surface area contributed by atoms with Gasteiger partial charge in [0.2, 0.25) is 23.6 Å². The number of urea groups is 2. The fourth-order valence-electron chi connectivity index (χ4n) is 5.04. The highest BCUT2D eigenvalue weighted by molar-refractivity contribution is 8.17. The van der Waals surface area contributed by atoms with Crippen LogP contribution in [0, 0.1) is 0 Å². The van der Waals surface area contributed by atoms with Gasteiger partial charge in [0.25, 0.3) is 11.8 Å². The number of carbonyl (C=O) groups is 10. The lowest BCUT2D eigenvalue weighted by Crippen LogP contribution is -2.61. The normalized spacial score (nSPS) is 20.6. The molecule has 2 unspecified atom stereocenters. The van der Waals surface area contributed by atoms with Gasteiger partial charge in [0.05, 0.1) is 36.9 Å². The maximum absolute atomic E-state index is 13.7. The van der Waals surface area contributed by atoms with E-state index in [-0.39, 0.29) is 91.9 Å². The molecule has 3 rings (SSSR count). The fraction of sp³-hybridized carbons (Fsp3) is 0.677. The highest BCUT2D eigenvalue weighted by Gasteiger charge is 2.44. The standard InChI is InChI=1S/C31H44N6O12S2/c1-3-20(38)7-13-48-15-9-32-30(46)36-24(40)5-11-34-26(42)17-22(28(34)44)50-19-51-23-18-27(43)35(29(23)45)12-6-25(41)37(36)31(47)33-10-16-49-14-8-21(39)4-2/h22-23H,3-19H2,1-2H3,(H,32,46)(H,33,47). The number of ketones is 2. The van der Waals surface area contributed by atoms with Gasteiger partial charge in [0.15, 0.2) is 0 Å². The van der Waals surface area contributed by atoms with Gasteiger partial charge in [-0.25, -0.2) is 9.59 Å². The van der Waals surface area contributed by atoms with E-state index in [1.54, 1.807) is 13.8 Å². The molecule has 0 radical (unpaired) electrons. The Morgan fingerprint density at radius 1 is 0.627 bits per heavy atom. The van der Waals surface area contributed by atoms with E-state index >= 15 is 0 Å². The molecule has 20 heteroatoms. The number of imide groups is 4. The number of hydrogen-bond donors (Lipinski definition) is 2. The van der Waals surface area contributed by atoms with E-state index in [9.17, 15) is 47.9 Å². The number of Topliss-reactive ketones (excluding diaryl/α,β-unsaturated/α-hetero) is 2. The number of thioether (sulfide) groups is 2. The zero-order chi connectivity index (χ0) is 37.5. The van der Waals surface area contributed by atoms with Crippen LogP contribution in [0.5, 0.6) is 0 Å². The second kappa shape index (κ2) is 20.8. The summed E-state index contributed by atoms with van der Waals surface area (Å²) >= 11 is 2.27. The molecule has 0 spiro atoms. The van der Waals surface area contributed by atoms with Crippen LogP contribution >= 0.6 is 23.5 Å². The number of rotatable bonds is 14. The molecule has 3 aliphatic heterocycles. The minimum absolute atomic E-state index is 0.0241. The molecule has 18 nitrogen and oxygen atoms in total. The smallest absolute Gasteiger partial charge is 0.344 e. The van der Waals surface area contributed by atoms with E-state index < -0.39 is 83.9 Å². The summed E-state index contributed by atoms with van der Waals surface area (Å²) in [7, 11) is 0. The lowest BCUT2D eigenvalue weighted by atomic mass is 10.2. The van der Waals surface area contributed by atoms with E-state index in [0.29, 0.717) is 12.8 Å². The van der Waals surface area contributed by atoms with Gasteiger partial charge in [0.1, 0.15) is 11.6 Å². The molecule has 3 heterocycles. The van der Waals surface area contributed by atoms with Gasteiger partial charge >= 0.3 is 12.1 Å². The zero-order valence-corrected chi connectivity index (χ0v) is 30.3. The van der Waals surface area contributed by atoms with E-state index in [1.807, 2.05) is 0 Å². The first-order valence-corrected chi connectivity index (χ1v) is 18.8. The van der Waals surface area contributed by atoms with Gasteiger partial charge in [0, 0.05) is 82.6 Å². The number of nitrogens with one attached hydrogen (secondary N) is 2. The summed E-state index contributed by atoms with van der Waals surface area (Å²) < 4.78 is 10.7. The maximum atomic E-state index is 13.7. The van der Waals surface area contributed by atoms with Crippen molar-refractivity contribution < 1.29 is 57.4 Å². The van der Waals surface area contributed by atoms with E-state index in [2.05, 4.69) is 10.6 Å². The maximum Gasteiger partial charge on any atom is 0.344 e. The van der Waals surface area contributed by atoms with Gasteiger partial charge in [-0.1, -0.05) is 13.8 Å². The predicted molar refractivity (Wildman–Crippen MR) is 181 cm³/mol. The predicted octanol–water partition coefficient (Wildman–Crippen LogP) is 0.222. The van der Waals surface area contributed by atoms with Gasteiger partial charge in [-0.2, -0.15) is 10.0 Å². The first-order valence-electron chi connectivity index (χ1n) is 16.7. The quantitative estimate of drug-likeness (QED) is 0.179. The lowest BCUT2D eigenvalue weighted by Gasteiger charge is -2.32. The van der Waals surface area contributed by atoms with Crippen molar-refractivity contribution in [2.24, 2.45) is 0 Å². The molecular formula is C31H44N6O12S2. The molecule has 2 N–H and O–H groups in total. The van der Waals surface area contributed by atoms with Crippen molar-refractivity contribution in [2.45, 2.75) is 75.7 Å². The number of hydrogen-bond acceptors (Lipinski definition) is 14. The zero-order valence-electron chi connectivity index (χ0n) is 28.7. The average Bonchev–Trinajstić information content (AvgIpc) is 3.53. The topological polar surface area (TPSA) is 226 Å². The van der Waals surface area contributed by atoms with Crippen molar-refractivity contribution in [3.63, 3.8) is 0 Å². The Kier molecular flexibility index (Phi) is 17.0. The highest BCUT2D eigenvalue weighted by atomic mass is 32.2. The van der Waals surface area contributed by atoms with E-state index in [1.165, 1.54) is 0 Å². The molecule has 3 saturated heterocycles. The van der Waals surface area contributed by atoms with Gasteiger partial charge in [-0.05, 0) is 0 Å². The molecule has 3 fully saturated rings. The highest BCUT2D eigenvalue weighted by Crippen LogP contribution is 2.33. The summed E-state index contributed by atoms with van der Waals surface area (Å²) in [6, 6.07) is -2.44. The lowest BCUT2D eigenvalue weighted by molar-refractivity contribution is -0.153. The van der Waals surface area contributed by atoms with Crippen molar-refractivity contribution in [3.05, 3.63) is 0 Å². The molecule has 51 heavy (non-hydrogen) atoms. The SMILES string of the molecule is CCC(=O)CCOCCNC(=O)N1C(=O)CCN2C(=O)CC(SCSC3CC(=O)N(CCC(=O)N1C(=O)NCCOCCC(=O)CC)C3=O)C2=O. The molecule has 10 amide bonds. The molecule has 2 atom stereocenters. The Balaban J connectivity index is 1.86. The average molecular weight is 757 g/mol. The van der Waals surface area contributed by atoms with Crippen LogP contribution in [0.25, 0.3) is 0 Å². The van der Waals surface area contributed by atoms with Gasteiger partial charge in [-0.15, -0.1) is 23.5 Å². The van der Waals surface area contributed by atoms with E-state index in [4.69, 9.17) is 9.47 Å². The molecule has 0 aromatic carbocycles. The third kappa shape index (κ3) is 12.1. The van der Waals surface area contributed by atoms with Crippen molar-refractivity contribution in [3.8, 4) is 0 Å². The Morgan fingerprint density at radius 3 is 1.39 bits per heavy atom. The van der Waals surface area contributed by atoms with Crippen LogP contribution in [-0.2, 0) is 47.8 Å². The van der Waals surface area contributed by atoms with Gasteiger partial charge < -0.3 is 20.1 Å². The van der Waals surface area contributed by atoms with Crippen LogP contribution in [0.1, 0.15) is 65.2 Å². The monoisotopic (exact) mass is 756 g/mol. The van der Waals surface area contributed by atoms with Crippen molar-refractivity contribution in [2.75, 3.05) is 57.7 Å². The van der Waals surface area contributed by atoms with Crippen LogP contribution in [0.2, 0.25) is 0 Å². The number of amides is 10. The van der Waals surface area contributed by atoms with Crippen molar-refractivity contribution >= 4 is 82.6 Å². The fourth-order valence-corrected chi connectivity index (χ4v) is 7.73. The summed E-state index contributed by atoms with van der Waals surface area (Å²) in [4.78, 5) is 131. The first-order chi connectivity index (χ1) is 24.4. The number of ether oxygens (including phenoxy) is 2. The van der Waals surface area contributed by atoms with Crippen LogP contribution < -0.4 is 10.6 Å². The molecule has 0 aliphatic carbocycles. The van der Waals surface area contributed by atoms with Crippen molar-refractivity contribution in [1.82, 2.24) is 30.5 Å². The van der Waals surface area contributed by atoms with E-state index in [0.717, 1.165) is 33.3 Å². The van der Waals surface area contributed by atoms with Crippen LogP contribution in [0.4, 0.5) is 9.59 Å². The minimum atomic E-state index is -1.22. The minimum Gasteiger partial charge on any atom is -0.379 e. The largest absolute Gasteiger partial charge is 0.379 e. The van der Waals surface area contributed by atoms with Crippen LogP contribution in [-0.4, -0.2) is 147 Å². The molecular weight excluding hydrogens is 713 g/mol. The second-order valence-corrected chi connectivity index (χ2v) is 14.2. The Morgan fingerprint density at radius 2 is 1.02 bits per heavy atom. The van der Waals surface area contributed by atoms with Gasteiger partial charge in [-0.3, -0.25) is 48.2 Å². The summed E-state index contributed by atoms with van der Waals surface area (Å²) in [5.74, 6) is -4.55.